The first-order valence-corrected chi connectivity index (χ1v) is 6.88. The van der Waals surface area contributed by atoms with Crippen LogP contribution in [0.4, 0.5) is 0 Å². The minimum Gasteiger partial charge on any atom is -0.377 e. The van der Waals surface area contributed by atoms with Gasteiger partial charge in [0.25, 0.3) is 0 Å². The van der Waals surface area contributed by atoms with E-state index in [2.05, 4.69) is 23.9 Å². The molecule has 0 aromatic carbocycles. The van der Waals surface area contributed by atoms with Gasteiger partial charge in [-0.3, -0.25) is 0 Å². The number of likely N-dealkylation sites (N-methyl/N-ethyl adjacent to an activating group) is 1. The van der Waals surface area contributed by atoms with Crippen LogP contribution < -0.4 is 5.73 Å². The fourth-order valence-electron chi connectivity index (χ4n) is 3.06. The van der Waals surface area contributed by atoms with Gasteiger partial charge in [0, 0.05) is 38.3 Å². The maximum absolute atomic E-state index is 5.96. The molecule has 0 spiro atoms. The summed E-state index contributed by atoms with van der Waals surface area (Å²) in [5.74, 6) is 0. The van der Waals surface area contributed by atoms with Crippen molar-refractivity contribution in [2.75, 3.05) is 46.9 Å². The minimum atomic E-state index is 0.229. The quantitative estimate of drug-likeness (QED) is 0.779. The Kier molecular flexibility index (Phi) is 4.42. The Hall–Kier alpha value is -0.160. The molecule has 2 heterocycles. The van der Waals surface area contributed by atoms with Crippen molar-refractivity contribution in [2.24, 2.45) is 5.73 Å². The second-order valence-corrected chi connectivity index (χ2v) is 5.76. The van der Waals surface area contributed by atoms with Crippen LogP contribution in [0.15, 0.2) is 0 Å². The average Bonchev–Trinajstić information content (AvgIpc) is 2.83. The predicted molar refractivity (Wildman–Crippen MR) is 70.1 cm³/mol. The lowest BCUT2D eigenvalue weighted by Crippen LogP contribution is -2.57. The van der Waals surface area contributed by atoms with Crippen molar-refractivity contribution in [1.82, 2.24) is 9.80 Å². The summed E-state index contributed by atoms with van der Waals surface area (Å²) in [5.41, 5.74) is 6.19. The Morgan fingerprint density at radius 3 is 2.53 bits per heavy atom. The molecule has 1 atom stereocenters. The van der Waals surface area contributed by atoms with Gasteiger partial charge in [-0.25, -0.2) is 0 Å². The first-order chi connectivity index (χ1) is 8.16. The molecule has 2 rings (SSSR count). The number of nitrogens with zero attached hydrogens (tertiary/aromatic N) is 2. The summed E-state index contributed by atoms with van der Waals surface area (Å²) in [6.45, 7) is 5.18. The SMILES string of the molecule is CN(C)C1(CN)CCN(CC2CCCO2)CC1. The number of ether oxygens (including phenoxy) is 1. The third kappa shape index (κ3) is 2.99. The lowest BCUT2D eigenvalue weighted by atomic mass is 9.86. The van der Waals surface area contributed by atoms with Crippen LogP contribution in [0.5, 0.6) is 0 Å². The van der Waals surface area contributed by atoms with Gasteiger partial charge >= 0.3 is 0 Å². The molecule has 17 heavy (non-hydrogen) atoms. The van der Waals surface area contributed by atoms with E-state index in [1.54, 1.807) is 0 Å². The monoisotopic (exact) mass is 241 g/mol. The number of nitrogens with two attached hydrogens (primary N) is 1. The van der Waals surface area contributed by atoms with E-state index in [0.29, 0.717) is 6.10 Å². The van der Waals surface area contributed by atoms with Gasteiger partial charge in [-0.2, -0.15) is 0 Å². The zero-order valence-corrected chi connectivity index (χ0v) is 11.3. The molecule has 2 aliphatic rings. The Labute approximate surface area is 105 Å². The lowest BCUT2D eigenvalue weighted by Gasteiger charge is -2.46. The van der Waals surface area contributed by atoms with Crippen LogP contribution in [0.1, 0.15) is 25.7 Å². The molecule has 4 heteroatoms. The highest BCUT2D eigenvalue weighted by atomic mass is 16.5. The smallest absolute Gasteiger partial charge is 0.0702 e. The molecule has 2 fully saturated rings. The number of hydrogen-bond donors (Lipinski definition) is 1. The molecule has 0 aromatic heterocycles. The minimum absolute atomic E-state index is 0.229. The van der Waals surface area contributed by atoms with E-state index in [9.17, 15) is 0 Å². The highest BCUT2D eigenvalue weighted by molar-refractivity contribution is 4.94. The highest BCUT2D eigenvalue weighted by Gasteiger charge is 2.35. The van der Waals surface area contributed by atoms with Crippen molar-refractivity contribution >= 4 is 0 Å². The topological polar surface area (TPSA) is 41.7 Å². The van der Waals surface area contributed by atoms with E-state index in [0.717, 1.165) is 32.8 Å². The lowest BCUT2D eigenvalue weighted by molar-refractivity contribution is 0.0268. The molecule has 2 saturated heterocycles. The average molecular weight is 241 g/mol. The van der Waals surface area contributed by atoms with E-state index in [4.69, 9.17) is 10.5 Å². The summed E-state index contributed by atoms with van der Waals surface area (Å²) in [4.78, 5) is 4.86. The van der Waals surface area contributed by atoms with E-state index >= 15 is 0 Å². The van der Waals surface area contributed by atoms with E-state index in [-0.39, 0.29) is 5.54 Å². The van der Waals surface area contributed by atoms with Crippen molar-refractivity contribution in [3.8, 4) is 0 Å². The maximum atomic E-state index is 5.96. The van der Waals surface area contributed by atoms with E-state index in [1.807, 2.05) is 0 Å². The summed E-state index contributed by atoms with van der Waals surface area (Å²) in [6, 6.07) is 0. The van der Waals surface area contributed by atoms with Crippen LogP contribution in [-0.2, 0) is 4.74 Å². The van der Waals surface area contributed by atoms with Crippen LogP contribution in [0, 0.1) is 0 Å². The second-order valence-electron chi connectivity index (χ2n) is 5.76. The Bertz CT molecular complexity index is 231. The molecule has 100 valence electrons. The Morgan fingerprint density at radius 1 is 1.35 bits per heavy atom. The van der Waals surface area contributed by atoms with Gasteiger partial charge in [-0.1, -0.05) is 0 Å². The van der Waals surface area contributed by atoms with E-state index < -0.39 is 0 Å². The van der Waals surface area contributed by atoms with Crippen molar-refractivity contribution in [1.29, 1.82) is 0 Å². The zero-order valence-electron chi connectivity index (χ0n) is 11.3. The molecule has 2 aliphatic heterocycles. The van der Waals surface area contributed by atoms with Gasteiger partial charge in [0.15, 0.2) is 0 Å². The van der Waals surface area contributed by atoms with Crippen molar-refractivity contribution in [3.63, 3.8) is 0 Å². The number of likely N-dealkylation sites (tertiary alicyclic amines) is 1. The van der Waals surface area contributed by atoms with Crippen molar-refractivity contribution in [2.45, 2.75) is 37.3 Å². The van der Waals surface area contributed by atoms with Gasteiger partial charge in [0.05, 0.1) is 6.10 Å². The molecular weight excluding hydrogens is 214 g/mol. The van der Waals surface area contributed by atoms with E-state index in [1.165, 1.54) is 25.7 Å². The maximum Gasteiger partial charge on any atom is 0.0702 e. The van der Waals surface area contributed by atoms with Gasteiger partial charge < -0.3 is 20.3 Å². The molecule has 1 unspecified atom stereocenters. The molecule has 0 amide bonds. The Balaban J connectivity index is 1.80. The first kappa shape index (κ1) is 13.3. The fourth-order valence-corrected chi connectivity index (χ4v) is 3.06. The largest absolute Gasteiger partial charge is 0.377 e. The third-order valence-corrected chi connectivity index (χ3v) is 4.60. The first-order valence-electron chi connectivity index (χ1n) is 6.88. The zero-order chi connectivity index (χ0) is 12.3. The molecule has 0 bridgehead atoms. The summed E-state index contributed by atoms with van der Waals surface area (Å²) in [7, 11) is 4.31. The summed E-state index contributed by atoms with van der Waals surface area (Å²) >= 11 is 0. The van der Waals surface area contributed by atoms with Crippen LogP contribution in [-0.4, -0.2) is 68.3 Å². The molecule has 0 radical (unpaired) electrons. The van der Waals surface area contributed by atoms with Gasteiger partial charge in [0.1, 0.15) is 0 Å². The summed E-state index contributed by atoms with van der Waals surface area (Å²) in [6.07, 6.45) is 5.33. The predicted octanol–water partition coefficient (Wildman–Crippen LogP) is 0.520. The number of piperidine rings is 1. The molecular formula is C13H27N3O. The van der Waals surface area contributed by atoms with Crippen molar-refractivity contribution < 1.29 is 4.74 Å². The molecule has 0 saturated carbocycles. The van der Waals surface area contributed by atoms with Crippen molar-refractivity contribution in [3.05, 3.63) is 0 Å². The van der Waals surface area contributed by atoms with Crippen LogP contribution in [0.2, 0.25) is 0 Å². The third-order valence-electron chi connectivity index (χ3n) is 4.60. The molecule has 0 aromatic rings. The summed E-state index contributed by atoms with van der Waals surface area (Å²) < 4.78 is 5.70. The Morgan fingerprint density at radius 2 is 2.06 bits per heavy atom. The van der Waals surface area contributed by atoms with Crippen LogP contribution in [0.3, 0.4) is 0 Å². The standard InChI is InChI=1S/C13H27N3O/c1-15(2)13(11-14)5-7-16(8-6-13)10-12-4-3-9-17-12/h12H,3-11,14H2,1-2H3. The van der Waals surface area contributed by atoms with Crippen LogP contribution >= 0.6 is 0 Å². The van der Waals surface area contributed by atoms with Crippen LogP contribution in [0.25, 0.3) is 0 Å². The fraction of sp³-hybridized carbons (Fsp3) is 1.00. The van der Waals surface area contributed by atoms with Gasteiger partial charge in [0.2, 0.25) is 0 Å². The number of rotatable bonds is 4. The second kappa shape index (κ2) is 5.65. The summed E-state index contributed by atoms with van der Waals surface area (Å²) in [5, 5.41) is 0. The molecule has 2 N–H and O–H groups in total. The number of hydrogen-bond acceptors (Lipinski definition) is 4. The molecule has 4 nitrogen and oxygen atoms in total. The van der Waals surface area contributed by atoms with Gasteiger partial charge in [-0.15, -0.1) is 0 Å². The highest BCUT2D eigenvalue weighted by Crippen LogP contribution is 2.26. The normalized spacial score (nSPS) is 30.0. The van der Waals surface area contributed by atoms with Gasteiger partial charge in [-0.05, 0) is 39.8 Å². The molecule has 0 aliphatic carbocycles.